The van der Waals surface area contributed by atoms with E-state index < -0.39 is 23.4 Å². The molecule has 3 heterocycles. The van der Waals surface area contributed by atoms with E-state index in [1.165, 1.54) is 4.57 Å². The fourth-order valence-corrected chi connectivity index (χ4v) is 4.27. The number of aromatic nitrogens is 4. The molecule has 216 valence electrons. The van der Waals surface area contributed by atoms with Gasteiger partial charge in [-0.05, 0) is 25.3 Å². The number of carboxylic acid groups (broad SMARTS) is 1. The van der Waals surface area contributed by atoms with Gasteiger partial charge in [0.2, 0.25) is 12.1 Å². The summed E-state index contributed by atoms with van der Waals surface area (Å²) in [5.41, 5.74) is 6.70. The van der Waals surface area contributed by atoms with Crippen LogP contribution in [0, 0.1) is 23.3 Å². The maximum Gasteiger partial charge on any atom is 0.490 e. The normalized spacial score (nSPS) is 15.4. The number of imidazole rings is 1. The Balaban J connectivity index is 0.000000587. The highest BCUT2D eigenvalue weighted by Gasteiger charge is 2.38. The van der Waals surface area contributed by atoms with Gasteiger partial charge in [0.1, 0.15) is 0 Å². The monoisotopic (exact) mass is 572 g/mol. The number of benzene rings is 1. The number of nitrogens with zero attached hydrogens (tertiary/aromatic N) is 7. The zero-order chi connectivity index (χ0) is 30.3. The number of hydrogen-bond donors (Lipinski definition) is 2. The molecule has 4 rings (SSSR count). The Morgan fingerprint density at radius 1 is 1.24 bits per heavy atom. The summed E-state index contributed by atoms with van der Waals surface area (Å²) in [6.45, 7) is 3.20. The van der Waals surface area contributed by atoms with Gasteiger partial charge in [-0.3, -0.25) is 18.5 Å². The van der Waals surface area contributed by atoms with E-state index in [1.54, 1.807) is 49.0 Å². The Bertz CT molecular complexity index is 1670. The highest BCUT2D eigenvalue weighted by atomic mass is 19.4. The van der Waals surface area contributed by atoms with Gasteiger partial charge >= 0.3 is 17.8 Å². The number of carbonyl (C=O) groups is 1. The fourth-order valence-electron chi connectivity index (χ4n) is 4.27. The molecule has 12 nitrogen and oxygen atoms in total. The SMILES string of the molecule is CC#CCn1c(N2CCCC(N)C2)nc2c1c(=O)n(CC(=NC#N)c1ccccc1)c(=O)n2C.O=C(O)C(F)(F)F. The maximum atomic E-state index is 13.7. The average molecular weight is 573 g/mol. The summed E-state index contributed by atoms with van der Waals surface area (Å²) in [5, 5.41) is 16.3. The van der Waals surface area contributed by atoms with Crippen molar-refractivity contribution in [3.8, 4) is 18.0 Å². The number of fused-ring (bicyclic) bond motifs is 1. The third kappa shape index (κ3) is 7.01. The minimum atomic E-state index is -5.08. The molecule has 1 aliphatic rings. The van der Waals surface area contributed by atoms with Crippen LogP contribution in [0.1, 0.15) is 25.3 Å². The van der Waals surface area contributed by atoms with Gasteiger partial charge in [0.15, 0.2) is 11.2 Å². The number of rotatable bonds is 5. The Morgan fingerprint density at radius 3 is 2.46 bits per heavy atom. The molecule has 3 N–H and O–H groups in total. The molecular formula is C26H27F3N8O4. The Kier molecular flexibility index (Phi) is 9.70. The number of aliphatic imine (C=N–C) groups is 1. The number of halogens is 3. The zero-order valence-corrected chi connectivity index (χ0v) is 22.2. The first kappa shape index (κ1) is 30.6. The summed E-state index contributed by atoms with van der Waals surface area (Å²) in [4.78, 5) is 46.4. The largest absolute Gasteiger partial charge is 0.490 e. The van der Waals surface area contributed by atoms with Gasteiger partial charge in [-0.15, -0.1) is 5.92 Å². The first-order valence-corrected chi connectivity index (χ1v) is 12.3. The number of alkyl halides is 3. The second-order valence-electron chi connectivity index (χ2n) is 9.01. The summed E-state index contributed by atoms with van der Waals surface area (Å²) in [7, 11) is 1.58. The lowest BCUT2D eigenvalue weighted by molar-refractivity contribution is -0.192. The quantitative estimate of drug-likeness (QED) is 0.264. The second kappa shape index (κ2) is 13.0. The van der Waals surface area contributed by atoms with E-state index in [0.29, 0.717) is 23.8 Å². The predicted molar refractivity (Wildman–Crippen MR) is 144 cm³/mol. The first-order valence-electron chi connectivity index (χ1n) is 12.3. The van der Waals surface area contributed by atoms with E-state index in [2.05, 4.69) is 16.8 Å². The van der Waals surface area contributed by atoms with Crippen LogP contribution in [0.3, 0.4) is 0 Å². The molecule has 3 aromatic rings. The Labute approximate surface area is 231 Å². The van der Waals surface area contributed by atoms with Crippen molar-refractivity contribution in [1.82, 2.24) is 18.7 Å². The van der Waals surface area contributed by atoms with Crippen molar-refractivity contribution in [3.63, 3.8) is 0 Å². The van der Waals surface area contributed by atoms with Crippen LogP contribution in [0.5, 0.6) is 0 Å². The third-order valence-electron chi connectivity index (χ3n) is 6.21. The molecule has 41 heavy (non-hydrogen) atoms. The van der Waals surface area contributed by atoms with E-state index in [-0.39, 0.29) is 30.3 Å². The first-order chi connectivity index (χ1) is 19.4. The molecule has 2 aromatic heterocycles. The number of aryl methyl sites for hydroxylation is 1. The summed E-state index contributed by atoms with van der Waals surface area (Å²) >= 11 is 0. The molecule has 0 radical (unpaired) electrons. The van der Waals surface area contributed by atoms with E-state index in [9.17, 15) is 28.0 Å². The van der Waals surface area contributed by atoms with Crippen LogP contribution in [0.4, 0.5) is 19.1 Å². The lowest BCUT2D eigenvalue weighted by atomic mass is 10.1. The topological polar surface area (TPSA) is 165 Å². The molecule has 0 bridgehead atoms. The van der Waals surface area contributed by atoms with Crippen LogP contribution < -0.4 is 21.9 Å². The molecular weight excluding hydrogens is 545 g/mol. The van der Waals surface area contributed by atoms with Crippen LogP contribution in [-0.2, 0) is 24.9 Å². The summed E-state index contributed by atoms with van der Waals surface area (Å²) in [6.07, 6.45) is -1.46. The summed E-state index contributed by atoms with van der Waals surface area (Å²) < 4.78 is 35.9. The summed E-state index contributed by atoms with van der Waals surface area (Å²) in [5.74, 6) is 3.70. The minimum Gasteiger partial charge on any atom is -0.475 e. The van der Waals surface area contributed by atoms with Gasteiger partial charge in [-0.1, -0.05) is 36.3 Å². The van der Waals surface area contributed by atoms with Crippen molar-refractivity contribution in [1.29, 1.82) is 5.26 Å². The van der Waals surface area contributed by atoms with Crippen molar-refractivity contribution < 1.29 is 23.1 Å². The number of aliphatic carboxylic acids is 1. The van der Waals surface area contributed by atoms with E-state index in [1.807, 2.05) is 11.0 Å². The molecule has 0 spiro atoms. The van der Waals surface area contributed by atoms with Gasteiger partial charge in [-0.2, -0.15) is 28.4 Å². The van der Waals surface area contributed by atoms with E-state index in [0.717, 1.165) is 24.0 Å². The fraction of sp³-hybridized carbons (Fsp3) is 0.385. The number of nitrogens with two attached hydrogens (primary N) is 1. The van der Waals surface area contributed by atoms with Gasteiger partial charge in [0.25, 0.3) is 5.56 Å². The summed E-state index contributed by atoms with van der Waals surface area (Å²) in [6, 6.07) is 9.02. The predicted octanol–water partition coefficient (Wildman–Crippen LogP) is 1.45. The molecule has 1 saturated heterocycles. The van der Waals surface area contributed by atoms with E-state index >= 15 is 0 Å². The van der Waals surface area contributed by atoms with Crippen molar-refractivity contribution in [3.05, 3.63) is 56.7 Å². The molecule has 15 heteroatoms. The Hall–Kier alpha value is -4.89. The molecule has 0 aliphatic carbocycles. The number of carboxylic acids is 1. The van der Waals surface area contributed by atoms with Crippen LogP contribution in [-0.4, -0.2) is 60.8 Å². The van der Waals surface area contributed by atoms with Gasteiger partial charge < -0.3 is 15.7 Å². The highest BCUT2D eigenvalue weighted by Crippen LogP contribution is 2.23. The molecule has 1 unspecified atom stereocenters. The Morgan fingerprint density at radius 2 is 1.90 bits per heavy atom. The average Bonchev–Trinajstić information content (AvgIpc) is 3.32. The van der Waals surface area contributed by atoms with Gasteiger partial charge in [0.05, 0.1) is 18.8 Å². The van der Waals surface area contributed by atoms with Gasteiger partial charge in [0, 0.05) is 26.2 Å². The molecule has 0 amide bonds. The lowest BCUT2D eigenvalue weighted by Crippen LogP contribution is -2.44. The van der Waals surface area contributed by atoms with Gasteiger partial charge in [-0.25, -0.2) is 9.59 Å². The second-order valence-corrected chi connectivity index (χ2v) is 9.01. The number of anilines is 1. The number of nitriles is 1. The smallest absolute Gasteiger partial charge is 0.475 e. The van der Waals surface area contributed by atoms with Crippen LogP contribution in [0.15, 0.2) is 44.9 Å². The van der Waals surface area contributed by atoms with Crippen molar-refractivity contribution in [2.45, 2.75) is 45.1 Å². The minimum absolute atomic E-state index is 0.00960. The highest BCUT2D eigenvalue weighted by molar-refractivity contribution is 6.01. The standard InChI is InChI=1S/C24H26N8O2.C2HF3O2/c1-3-4-13-31-20-21(28-23(31)30-12-8-11-18(26)14-30)29(2)24(34)32(22(20)33)15-19(27-16-25)17-9-6-5-7-10-17;3-2(4,5)1(6)7/h5-7,9-10,18H,8,11-15,26H2,1-2H3;(H,6,7). The number of hydrogen-bond acceptors (Lipinski definition) is 8. The van der Waals surface area contributed by atoms with Crippen molar-refractivity contribution in [2.75, 3.05) is 18.0 Å². The number of piperidine rings is 1. The zero-order valence-electron chi connectivity index (χ0n) is 22.2. The van der Waals surface area contributed by atoms with Crippen molar-refractivity contribution >= 4 is 28.8 Å². The molecule has 1 aliphatic heterocycles. The lowest BCUT2D eigenvalue weighted by Gasteiger charge is -2.31. The van der Waals surface area contributed by atoms with Crippen LogP contribution in [0.25, 0.3) is 11.2 Å². The molecule has 1 aromatic carbocycles. The third-order valence-corrected chi connectivity index (χ3v) is 6.21. The van der Waals surface area contributed by atoms with Crippen molar-refractivity contribution in [2.24, 2.45) is 17.8 Å². The molecule has 0 saturated carbocycles. The van der Waals surface area contributed by atoms with E-state index in [4.69, 9.17) is 20.6 Å². The molecule has 1 fully saturated rings. The molecule has 1 atom stereocenters. The van der Waals surface area contributed by atoms with Crippen LogP contribution in [0.2, 0.25) is 0 Å². The maximum absolute atomic E-state index is 13.7. The van der Waals surface area contributed by atoms with Crippen LogP contribution >= 0.6 is 0 Å².